The predicted octanol–water partition coefficient (Wildman–Crippen LogP) is 3.38. The number of aryl methyl sites for hydroxylation is 1. The molecule has 0 unspecified atom stereocenters. The van der Waals surface area contributed by atoms with Crippen LogP contribution in [0.25, 0.3) is 0 Å². The first kappa shape index (κ1) is 15.2. The number of nitrogens with zero attached hydrogens (tertiary/aromatic N) is 3. The van der Waals surface area contributed by atoms with Gasteiger partial charge < -0.3 is 4.57 Å². The van der Waals surface area contributed by atoms with Gasteiger partial charge in [-0.15, -0.1) is 0 Å². The molecule has 0 radical (unpaired) electrons. The summed E-state index contributed by atoms with van der Waals surface area (Å²) >= 11 is 0. The van der Waals surface area contributed by atoms with E-state index in [4.69, 9.17) is 0 Å². The van der Waals surface area contributed by atoms with E-state index in [1.807, 2.05) is 19.3 Å². The van der Waals surface area contributed by atoms with Crippen LogP contribution < -0.4 is 0 Å². The van der Waals surface area contributed by atoms with Crippen molar-refractivity contribution in [2.24, 2.45) is 5.92 Å². The standard InChI is InChI=1S/C17H21F2N3/c1-13-20-6-9-22(13)12-14-4-7-21(8-5-14)11-15-2-3-16(18)17(19)10-15/h2-3,6,9-10,14H,4-5,7-8,11-12H2,1H3. The molecule has 0 aliphatic carbocycles. The maximum Gasteiger partial charge on any atom is 0.159 e. The zero-order valence-electron chi connectivity index (χ0n) is 12.8. The first-order valence-corrected chi connectivity index (χ1v) is 7.76. The molecule has 3 nitrogen and oxygen atoms in total. The molecule has 2 heterocycles. The maximum atomic E-state index is 13.2. The highest BCUT2D eigenvalue weighted by Gasteiger charge is 2.20. The minimum Gasteiger partial charge on any atom is -0.335 e. The van der Waals surface area contributed by atoms with E-state index in [1.54, 1.807) is 6.07 Å². The maximum absolute atomic E-state index is 13.2. The summed E-state index contributed by atoms with van der Waals surface area (Å²) in [5.41, 5.74) is 0.836. The minimum absolute atomic E-state index is 0.661. The zero-order chi connectivity index (χ0) is 15.5. The summed E-state index contributed by atoms with van der Waals surface area (Å²) in [5.74, 6) is 0.180. The van der Waals surface area contributed by atoms with Gasteiger partial charge in [-0.25, -0.2) is 13.8 Å². The molecule has 2 aromatic rings. The Bertz CT molecular complexity index is 631. The number of halogens is 2. The summed E-state index contributed by atoms with van der Waals surface area (Å²) in [5, 5.41) is 0. The van der Waals surface area contributed by atoms with Gasteiger partial charge in [0.05, 0.1) is 0 Å². The van der Waals surface area contributed by atoms with Gasteiger partial charge >= 0.3 is 0 Å². The average molecular weight is 305 g/mol. The molecule has 0 saturated carbocycles. The molecule has 0 atom stereocenters. The van der Waals surface area contributed by atoms with Crippen molar-refractivity contribution in [3.63, 3.8) is 0 Å². The lowest BCUT2D eigenvalue weighted by Crippen LogP contribution is -2.34. The molecule has 0 N–H and O–H groups in total. The predicted molar refractivity (Wildman–Crippen MR) is 81.3 cm³/mol. The first-order chi connectivity index (χ1) is 10.6. The molecule has 1 aromatic heterocycles. The van der Waals surface area contributed by atoms with Crippen LogP contribution >= 0.6 is 0 Å². The van der Waals surface area contributed by atoms with E-state index in [9.17, 15) is 8.78 Å². The molecule has 1 saturated heterocycles. The molecule has 1 aromatic carbocycles. The van der Waals surface area contributed by atoms with E-state index < -0.39 is 11.6 Å². The molecule has 118 valence electrons. The molecule has 0 bridgehead atoms. The van der Waals surface area contributed by atoms with Crippen molar-refractivity contribution in [3.8, 4) is 0 Å². The number of likely N-dealkylation sites (tertiary alicyclic amines) is 1. The molecule has 5 heteroatoms. The van der Waals surface area contributed by atoms with Crippen molar-refractivity contribution in [3.05, 3.63) is 53.6 Å². The fourth-order valence-electron chi connectivity index (χ4n) is 3.10. The van der Waals surface area contributed by atoms with Gasteiger partial charge in [0.25, 0.3) is 0 Å². The number of imidazole rings is 1. The van der Waals surface area contributed by atoms with E-state index in [0.717, 1.165) is 43.9 Å². The zero-order valence-corrected chi connectivity index (χ0v) is 12.8. The minimum atomic E-state index is -0.779. The van der Waals surface area contributed by atoms with Crippen LogP contribution in [0.3, 0.4) is 0 Å². The second-order valence-corrected chi connectivity index (χ2v) is 6.09. The number of rotatable bonds is 4. The normalized spacial score (nSPS) is 17.0. The Hall–Kier alpha value is -1.75. The summed E-state index contributed by atoms with van der Waals surface area (Å²) in [6, 6.07) is 4.18. The molecule has 0 amide bonds. The number of hydrogen-bond donors (Lipinski definition) is 0. The fraction of sp³-hybridized carbons (Fsp3) is 0.471. The molecular weight excluding hydrogens is 284 g/mol. The summed E-state index contributed by atoms with van der Waals surface area (Å²) in [6.45, 7) is 5.73. The van der Waals surface area contributed by atoms with Crippen molar-refractivity contribution in [1.82, 2.24) is 14.5 Å². The highest BCUT2D eigenvalue weighted by Crippen LogP contribution is 2.21. The van der Waals surface area contributed by atoms with Crippen LogP contribution in [0, 0.1) is 24.5 Å². The number of hydrogen-bond acceptors (Lipinski definition) is 2. The highest BCUT2D eigenvalue weighted by atomic mass is 19.2. The van der Waals surface area contributed by atoms with Gasteiger partial charge in [0.15, 0.2) is 11.6 Å². The van der Waals surface area contributed by atoms with Gasteiger partial charge in [0, 0.05) is 25.5 Å². The van der Waals surface area contributed by atoms with Crippen LogP contribution in [0.1, 0.15) is 24.2 Å². The van der Waals surface area contributed by atoms with E-state index in [-0.39, 0.29) is 0 Å². The third-order valence-electron chi connectivity index (χ3n) is 4.48. The van der Waals surface area contributed by atoms with Crippen molar-refractivity contribution in [2.75, 3.05) is 13.1 Å². The smallest absolute Gasteiger partial charge is 0.159 e. The van der Waals surface area contributed by atoms with Gasteiger partial charge in [-0.05, 0) is 56.5 Å². The second-order valence-electron chi connectivity index (χ2n) is 6.09. The van der Waals surface area contributed by atoms with Crippen LogP contribution in [-0.4, -0.2) is 27.5 Å². The molecule has 3 rings (SSSR count). The lowest BCUT2D eigenvalue weighted by molar-refractivity contribution is 0.166. The van der Waals surface area contributed by atoms with Crippen LogP contribution in [-0.2, 0) is 13.1 Å². The summed E-state index contributed by atoms with van der Waals surface area (Å²) in [4.78, 5) is 6.56. The summed E-state index contributed by atoms with van der Waals surface area (Å²) in [6.07, 6.45) is 6.12. The largest absolute Gasteiger partial charge is 0.335 e. The lowest BCUT2D eigenvalue weighted by atomic mass is 9.96. The van der Waals surface area contributed by atoms with Gasteiger partial charge in [-0.2, -0.15) is 0 Å². The average Bonchev–Trinajstić information content (AvgIpc) is 2.90. The molecule has 0 spiro atoms. The Labute approximate surface area is 129 Å². The van der Waals surface area contributed by atoms with Crippen LogP contribution in [0.15, 0.2) is 30.6 Å². The number of aromatic nitrogens is 2. The molecular formula is C17H21F2N3. The van der Waals surface area contributed by atoms with Gasteiger partial charge in [-0.1, -0.05) is 6.07 Å². The fourth-order valence-corrected chi connectivity index (χ4v) is 3.10. The topological polar surface area (TPSA) is 21.1 Å². The van der Waals surface area contributed by atoms with Gasteiger partial charge in [-0.3, -0.25) is 4.90 Å². The van der Waals surface area contributed by atoms with E-state index in [1.165, 1.54) is 12.1 Å². The second kappa shape index (κ2) is 6.57. The monoisotopic (exact) mass is 305 g/mol. The Kier molecular flexibility index (Phi) is 4.52. The molecule has 1 fully saturated rings. The third-order valence-corrected chi connectivity index (χ3v) is 4.48. The van der Waals surface area contributed by atoms with E-state index >= 15 is 0 Å². The molecule has 1 aliphatic rings. The van der Waals surface area contributed by atoms with Crippen molar-refractivity contribution >= 4 is 0 Å². The quantitative estimate of drug-likeness (QED) is 0.863. The highest BCUT2D eigenvalue weighted by molar-refractivity contribution is 5.17. The third kappa shape index (κ3) is 3.53. The first-order valence-electron chi connectivity index (χ1n) is 7.76. The van der Waals surface area contributed by atoms with Gasteiger partial charge in [0.1, 0.15) is 5.82 Å². The van der Waals surface area contributed by atoms with Crippen molar-refractivity contribution in [1.29, 1.82) is 0 Å². The van der Waals surface area contributed by atoms with E-state index in [2.05, 4.69) is 14.5 Å². The molecule has 1 aliphatic heterocycles. The van der Waals surface area contributed by atoms with Crippen molar-refractivity contribution in [2.45, 2.75) is 32.9 Å². The Morgan fingerprint density at radius 2 is 1.95 bits per heavy atom. The van der Waals surface area contributed by atoms with Crippen LogP contribution in [0.2, 0.25) is 0 Å². The Balaban J connectivity index is 1.51. The molecule has 22 heavy (non-hydrogen) atoms. The Morgan fingerprint density at radius 1 is 1.18 bits per heavy atom. The SMILES string of the molecule is Cc1nccn1CC1CCN(Cc2ccc(F)c(F)c2)CC1. The lowest BCUT2D eigenvalue weighted by Gasteiger charge is -2.32. The Morgan fingerprint density at radius 3 is 2.59 bits per heavy atom. The summed E-state index contributed by atoms with van der Waals surface area (Å²) in [7, 11) is 0. The van der Waals surface area contributed by atoms with Crippen molar-refractivity contribution < 1.29 is 8.78 Å². The van der Waals surface area contributed by atoms with Crippen LogP contribution in [0.5, 0.6) is 0 Å². The van der Waals surface area contributed by atoms with Gasteiger partial charge in [0.2, 0.25) is 0 Å². The van der Waals surface area contributed by atoms with E-state index in [0.29, 0.717) is 12.5 Å². The van der Waals surface area contributed by atoms with Crippen LogP contribution in [0.4, 0.5) is 8.78 Å². The summed E-state index contributed by atoms with van der Waals surface area (Å²) < 4.78 is 28.4. The number of piperidine rings is 1. The number of benzene rings is 1.